The number of benzene rings is 1. The first-order valence-corrected chi connectivity index (χ1v) is 27.5. The standard InChI is InChI=1S/C55H89FN8O15/c1-16-42-55(10,69)48(66)33(4)44(59-74-30-70-12)31(2)26-54(9,73-15)50(34(5)46(35(6)51(68)77-42)78-43-27-53(8,72-14)49(67)36(7)76-43)79-52-45(65)40(25-32(3)75-52)62(11)23-21-38-29-64(61-58-38)41(28-56)47(71-13)37-17-19-39(20-18-37)63-24-22-57-60-63/h17-20,22,24,29,31-36,40-43,45-50,52,65-67,69H,16,21,23,25-28,30H2,1-15H3/b59-44+/t31-,32-,33+,34+,35-,36+,40+,41-,42-,43+,45-,46+,47-,48-,49+,50-,52+,53-,54-,55-/m1/s1. The number of cyclic esters (lactones) is 1. The quantitative estimate of drug-likeness (QED) is 0.0524. The van der Waals surface area contributed by atoms with Crippen LogP contribution in [0.5, 0.6) is 0 Å². The van der Waals surface area contributed by atoms with E-state index >= 15 is 0 Å². The van der Waals surface area contributed by atoms with Gasteiger partial charge in [0.1, 0.15) is 42.7 Å². The maximum absolute atomic E-state index is 14.9. The second-order valence-electron chi connectivity index (χ2n) is 22.6. The van der Waals surface area contributed by atoms with Crippen LogP contribution in [0.2, 0.25) is 0 Å². The fourth-order valence-electron chi connectivity index (χ4n) is 11.9. The number of hydrogen-bond donors (Lipinski definition) is 4. The molecule has 79 heavy (non-hydrogen) atoms. The van der Waals surface area contributed by atoms with Crippen LogP contribution in [0.15, 0.2) is 48.0 Å². The predicted molar refractivity (Wildman–Crippen MR) is 285 cm³/mol. The van der Waals surface area contributed by atoms with Gasteiger partial charge in [0.2, 0.25) is 6.79 Å². The zero-order chi connectivity index (χ0) is 58.1. The van der Waals surface area contributed by atoms with Crippen LogP contribution in [-0.2, 0) is 58.7 Å². The number of carbonyl (C=O) groups is 1. The molecule has 2 aromatic heterocycles. The normalized spacial score (nSPS) is 37.6. The van der Waals surface area contributed by atoms with E-state index in [0.29, 0.717) is 30.8 Å². The molecule has 20 atom stereocenters. The average molecular weight is 1120 g/mol. The Balaban J connectivity index is 1.31. The molecule has 0 saturated carbocycles. The molecule has 0 bridgehead atoms. The lowest BCUT2D eigenvalue weighted by Crippen LogP contribution is -2.61. The SMILES string of the molecule is CC[C@H]1OC(=O)[C@H](C)[C@@H](O[C@H]2C[C@@](C)(OC)[C@@H](O)[C@H](C)O2)[C@H](C)[C@@H](O[C@@H]2O[C@H](C)C[C@H](N(C)CCc3cn([C@H](CF)[C@H](OC)c4ccc(-n5ccnn5)cc4)nn3)[C@H]2O)[C@](C)(OC)C[C@@H](C)/C(=N\OCOC)[C@H](C)[C@@H](O)[C@]1(C)O. The molecule has 0 unspecified atom stereocenters. The van der Waals surface area contributed by atoms with Gasteiger partial charge in [0.05, 0.1) is 77.1 Å². The molecule has 0 spiro atoms. The van der Waals surface area contributed by atoms with Crippen molar-refractivity contribution in [1.82, 2.24) is 34.9 Å². The Labute approximate surface area is 464 Å². The first-order chi connectivity index (χ1) is 37.4. The first-order valence-electron chi connectivity index (χ1n) is 27.5. The van der Waals surface area contributed by atoms with Crippen LogP contribution in [0.4, 0.5) is 4.39 Å². The van der Waals surface area contributed by atoms with E-state index in [1.54, 1.807) is 57.9 Å². The van der Waals surface area contributed by atoms with Gasteiger partial charge in [-0.2, -0.15) is 0 Å². The summed E-state index contributed by atoms with van der Waals surface area (Å²) in [5.74, 6) is -4.01. The van der Waals surface area contributed by atoms with Crippen LogP contribution < -0.4 is 0 Å². The molecule has 0 amide bonds. The molecule has 4 N–H and O–H groups in total. The number of hydrogen-bond acceptors (Lipinski definition) is 21. The smallest absolute Gasteiger partial charge is 0.311 e. The van der Waals surface area contributed by atoms with Crippen molar-refractivity contribution in [3.05, 3.63) is 54.1 Å². The van der Waals surface area contributed by atoms with Gasteiger partial charge < -0.3 is 72.8 Å². The average Bonchev–Trinajstić information content (AvgIpc) is 4.20. The minimum atomic E-state index is -1.97. The van der Waals surface area contributed by atoms with E-state index in [2.05, 4.69) is 25.8 Å². The van der Waals surface area contributed by atoms with Gasteiger partial charge in [-0.1, -0.05) is 55.4 Å². The number of alkyl halides is 1. The highest BCUT2D eigenvalue weighted by Gasteiger charge is 2.54. The van der Waals surface area contributed by atoms with Gasteiger partial charge in [-0.3, -0.25) is 4.79 Å². The minimum absolute atomic E-state index is 0.0822. The van der Waals surface area contributed by atoms with Crippen molar-refractivity contribution in [2.45, 2.75) is 198 Å². The van der Waals surface area contributed by atoms with E-state index in [9.17, 15) is 29.6 Å². The van der Waals surface area contributed by atoms with Crippen molar-refractivity contribution in [1.29, 1.82) is 0 Å². The first kappa shape index (κ1) is 64.0. The molecule has 3 aromatic rings. The van der Waals surface area contributed by atoms with Gasteiger partial charge in [-0.05, 0) is 85.5 Å². The molecule has 1 aromatic carbocycles. The Morgan fingerprint density at radius 1 is 0.924 bits per heavy atom. The molecule has 24 heteroatoms. The number of halogens is 1. The molecule has 3 aliphatic rings. The number of aliphatic hydroxyl groups is 4. The molecular weight excluding hydrogens is 1030 g/mol. The monoisotopic (exact) mass is 1120 g/mol. The lowest BCUT2D eigenvalue weighted by molar-refractivity contribution is -0.319. The number of rotatable bonds is 20. The number of oxime groups is 1. The third-order valence-corrected chi connectivity index (χ3v) is 16.8. The number of aromatic nitrogens is 6. The summed E-state index contributed by atoms with van der Waals surface area (Å²) in [5, 5.41) is 68.9. The minimum Gasteiger partial charge on any atom is -0.459 e. The summed E-state index contributed by atoms with van der Waals surface area (Å²) in [6.45, 7) is 16.9. The number of aliphatic hydroxyl groups excluding tert-OH is 3. The maximum atomic E-state index is 14.9. The van der Waals surface area contributed by atoms with Gasteiger partial charge in [0, 0.05) is 77.8 Å². The summed E-state index contributed by atoms with van der Waals surface area (Å²) in [6, 6.07) is 6.09. The third-order valence-electron chi connectivity index (χ3n) is 16.8. The van der Waals surface area contributed by atoms with Crippen molar-refractivity contribution in [3.63, 3.8) is 0 Å². The van der Waals surface area contributed by atoms with Crippen LogP contribution in [0, 0.1) is 23.7 Å². The molecule has 0 radical (unpaired) electrons. The number of methoxy groups -OCH3 is 4. The maximum Gasteiger partial charge on any atom is 0.311 e. The topological polar surface area (TPSA) is 267 Å². The van der Waals surface area contributed by atoms with Gasteiger partial charge >= 0.3 is 5.97 Å². The third kappa shape index (κ3) is 14.6. The van der Waals surface area contributed by atoms with Crippen molar-refractivity contribution in [2.75, 3.05) is 55.5 Å². The molecule has 3 saturated heterocycles. The molecular formula is C55H89FN8O15. The fraction of sp³-hybridized carbons (Fsp3) is 0.782. The number of carbonyl (C=O) groups excluding carboxylic acids is 1. The van der Waals surface area contributed by atoms with Gasteiger partial charge in [-0.15, -0.1) is 10.2 Å². The Kier molecular flexibility index (Phi) is 22.5. The largest absolute Gasteiger partial charge is 0.459 e. The van der Waals surface area contributed by atoms with Crippen molar-refractivity contribution in [3.8, 4) is 5.69 Å². The molecule has 3 aliphatic heterocycles. The highest BCUT2D eigenvalue weighted by Crippen LogP contribution is 2.42. The van der Waals surface area contributed by atoms with Crippen LogP contribution in [0.25, 0.3) is 5.69 Å². The highest BCUT2D eigenvalue weighted by molar-refractivity contribution is 5.88. The molecule has 446 valence electrons. The van der Waals surface area contributed by atoms with E-state index in [1.165, 1.54) is 40.0 Å². The fourth-order valence-corrected chi connectivity index (χ4v) is 11.9. The van der Waals surface area contributed by atoms with Gasteiger partial charge in [-0.25, -0.2) is 13.8 Å². The second-order valence-corrected chi connectivity index (χ2v) is 22.6. The summed E-state index contributed by atoms with van der Waals surface area (Å²) in [5.41, 5.74) is -1.89. The van der Waals surface area contributed by atoms with Crippen LogP contribution in [0.1, 0.15) is 118 Å². The van der Waals surface area contributed by atoms with E-state index in [-0.39, 0.29) is 26.1 Å². The van der Waals surface area contributed by atoms with Crippen molar-refractivity contribution in [2.24, 2.45) is 28.8 Å². The molecule has 6 rings (SSSR count). The number of nitrogens with zero attached hydrogens (tertiary/aromatic N) is 8. The Morgan fingerprint density at radius 3 is 2.23 bits per heavy atom. The summed E-state index contributed by atoms with van der Waals surface area (Å²) in [7, 11) is 7.90. The summed E-state index contributed by atoms with van der Waals surface area (Å²) >= 11 is 0. The summed E-state index contributed by atoms with van der Waals surface area (Å²) in [4.78, 5) is 22.3. The summed E-state index contributed by atoms with van der Waals surface area (Å²) in [6.07, 6.45) is -4.93. The predicted octanol–water partition coefficient (Wildman–Crippen LogP) is 4.53. The van der Waals surface area contributed by atoms with E-state index in [1.807, 2.05) is 63.9 Å². The molecule has 23 nitrogen and oxygen atoms in total. The Hall–Kier alpha value is -4.15. The van der Waals surface area contributed by atoms with E-state index < -0.39 is 133 Å². The molecule has 0 aliphatic carbocycles. The molecule has 5 heterocycles. The number of esters is 1. The zero-order valence-corrected chi connectivity index (χ0v) is 48.7. The zero-order valence-electron chi connectivity index (χ0n) is 48.7. The van der Waals surface area contributed by atoms with Crippen LogP contribution >= 0.6 is 0 Å². The van der Waals surface area contributed by atoms with Gasteiger partial charge in [0.25, 0.3) is 0 Å². The van der Waals surface area contributed by atoms with Gasteiger partial charge in [0.15, 0.2) is 12.6 Å². The highest BCUT2D eigenvalue weighted by atomic mass is 19.1. The number of likely N-dealkylation sites (N-methyl/N-ethyl adjacent to an activating group) is 1. The van der Waals surface area contributed by atoms with E-state index in [4.69, 9.17) is 47.5 Å². The lowest BCUT2D eigenvalue weighted by atomic mass is 9.73. The van der Waals surface area contributed by atoms with Crippen molar-refractivity contribution < 1.29 is 77.1 Å². The summed E-state index contributed by atoms with van der Waals surface area (Å²) < 4.78 is 74.4. The Morgan fingerprint density at radius 2 is 1.62 bits per heavy atom. The van der Waals surface area contributed by atoms with E-state index in [0.717, 1.165) is 11.3 Å². The van der Waals surface area contributed by atoms with Crippen LogP contribution in [0.3, 0.4) is 0 Å². The van der Waals surface area contributed by atoms with Crippen LogP contribution in [-0.4, -0.2) is 207 Å². The van der Waals surface area contributed by atoms with Crippen molar-refractivity contribution >= 4 is 11.7 Å². The molecule has 3 fully saturated rings. The Bertz CT molecular complexity index is 2370. The second kappa shape index (κ2) is 27.7. The number of ether oxygens (including phenoxy) is 9. The lowest BCUT2D eigenvalue weighted by Gasteiger charge is -2.50.